The number of benzene rings is 1. The molecule has 0 bridgehead atoms. The first-order chi connectivity index (χ1) is 10.0. The molecule has 6 nitrogen and oxygen atoms in total. The number of anilines is 1. The number of hydrogen-bond donors (Lipinski definition) is 2. The van der Waals surface area contributed by atoms with E-state index in [-0.39, 0.29) is 30.7 Å². The maximum Gasteiger partial charge on any atom is 0.227 e. The van der Waals surface area contributed by atoms with Crippen LogP contribution in [-0.2, 0) is 9.59 Å². The SMILES string of the molecule is COc1ccc(N2CC(C(=O)NCC(C)O)CC2=O)cc1. The lowest BCUT2D eigenvalue weighted by Gasteiger charge is -2.17. The minimum atomic E-state index is -0.594. The number of nitrogens with one attached hydrogen (secondary N) is 1. The summed E-state index contributed by atoms with van der Waals surface area (Å²) in [5.41, 5.74) is 0.756. The molecule has 1 fully saturated rings. The van der Waals surface area contributed by atoms with Gasteiger partial charge in [0, 0.05) is 25.2 Å². The lowest BCUT2D eigenvalue weighted by atomic mass is 10.1. The molecular formula is C15H20N2O4. The maximum atomic E-state index is 12.0. The zero-order valence-electron chi connectivity index (χ0n) is 12.2. The van der Waals surface area contributed by atoms with Gasteiger partial charge in [0.05, 0.1) is 19.1 Å². The minimum Gasteiger partial charge on any atom is -0.497 e. The normalized spacial score (nSPS) is 19.5. The van der Waals surface area contributed by atoms with Crippen LogP contribution in [0.4, 0.5) is 5.69 Å². The van der Waals surface area contributed by atoms with E-state index in [1.165, 1.54) is 0 Å². The molecule has 1 aliphatic heterocycles. The Labute approximate surface area is 123 Å². The van der Waals surface area contributed by atoms with Gasteiger partial charge < -0.3 is 20.1 Å². The summed E-state index contributed by atoms with van der Waals surface area (Å²) in [5, 5.41) is 11.8. The molecule has 0 aromatic heterocycles. The number of methoxy groups -OCH3 is 1. The minimum absolute atomic E-state index is 0.0719. The Hall–Kier alpha value is -2.08. The number of hydrogen-bond acceptors (Lipinski definition) is 4. The third-order valence-corrected chi connectivity index (χ3v) is 3.45. The lowest BCUT2D eigenvalue weighted by Crippen LogP contribution is -2.36. The van der Waals surface area contributed by atoms with E-state index in [1.54, 1.807) is 43.2 Å². The highest BCUT2D eigenvalue weighted by Crippen LogP contribution is 2.26. The lowest BCUT2D eigenvalue weighted by molar-refractivity contribution is -0.126. The van der Waals surface area contributed by atoms with Crippen molar-refractivity contribution in [3.05, 3.63) is 24.3 Å². The van der Waals surface area contributed by atoms with Crippen molar-refractivity contribution in [1.29, 1.82) is 0 Å². The van der Waals surface area contributed by atoms with E-state index in [0.717, 1.165) is 11.4 Å². The van der Waals surface area contributed by atoms with Crippen molar-refractivity contribution in [2.75, 3.05) is 25.1 Å². The van der Waals surface area contributed by atoms with Crippen LogP contribution in [0.1, 0.15) is 13.3 Å². The third kappa shape index (κ3) is 3.72. The van der Waals surface area contributed by atoms with E-state index in [4.69, 9.17) is 4.74 Å². The van der Waals surface area contributed by atoms with Crippen molar-refractivity contribution < 1.29 is 19.4 Å². The summed E-state index contributed by atoms with van der Waals surface area (Å²) in [4.78, 5) is 25.6. The van der Waals surface area contributed by atoms with Gasteiger partial charge in [-0.05, 0) is 31.2 Å². The molecule has 2 N–H and O–H groups in total. The van der Waals surface area contributed by atoms with Gasteiger partial charge in [0.25, 0.3) is 0 Å². The Morgan fingerprint density at radius 2 is 2.14 bits per heavy atom. The van der Waals surface area contributed by atoms with Gasteiger partial charge >= 0.3 is 0 Å². The summed E-state index contributed by atoms with van der Waals surface area (Å²) in [7, 11) is 1.58. The van der Waals surface area contributed by atoms with Gasteiger partial charge in [-0.1, -0.05) is 0 Å². The molecule has 0 spiro atoms. The summed E-state index contributed by atoms with van der Waals surface area (Å²) in [5.74, 6) is 0.0765. The number of rotatable bonds is 5. The van der Waals surface area contributed by atoms with Gasteiger partial charge in [-0.15, -0.1) is 0 Å². The number of ether oxygens (including phenoxy) is 1. The molecule has 114 valence electrons. The number of carbonyl (C=O) groups excluding carboxylic acids is 2. The zero-order valence-corrected chi connectivity index (χ0v) is 12.2. The van der Waals surface area contributed by atoms with E-state index in [9.17, 15) is 14.7 Å². The topological polar surface area (TPSA) is 78.9 Å². The van der Waals surface area contributed by atoms with Crippen molar-refractivity contribution in [3.8, 4) is 5.75 Å². The Kier molecular flexibility index (Phi) is 4.80. The van der Waals surface area contributed by atoms with Crippen LogP contribution in [0, 0.1) is 5.92 Å². The number of nitrogens with zero attached hydrogens (tertiary/aromatic N) is 1. The smallest absolute Gasteiger partial charge is 0.227 e. The number of aliphatic hydroxyl groups excluding tert-OH is 1. The second-order valence-electron chi connectivity index (χ2n) is 5.20. The van der Waals surface area contributed by atoms with E-state index in [1.807, 2.05) is 0 Å². The molecular weight excluding hydrogens is 272 g/mol. The van der Waals surface area contributed by atoms with Crippen LogP contribution in [0.5, 0.6) is 5.75 Å². The standard InChI is InChI=1S/C15H20N2O4/c1-10(18)8-16-15(20)11-7-14(19)17(9-11)12-3-5-13(21-2)6-4-12/h3-6,10-11,18H,7-9H2,1-2H3,(H,16,20). The van der Waals surface area contributed by atoms with Crippen LogP contribution >= 0.6 is 0 Å². The first-order valence-electron chi connectivity index (χ1n) is 6.91. The molecule has 21 heavy (non-hydrogen) atoms. The second kappa shape index (κ2) is 6.58. The van der Waals surface area contributed by atoms with Crippen molar-refractivity contribution in [2.24, 2.45) is 5.92 Å². The predicted molar refractivity (Wildman–Crippen MR) is 78.1 cm³/mol. The van der Waals surface area contributed by atoms with Crippen LogP contribution in [-0.4, -0.2) is 43.2 Å². The fourth-order valence-electron chi connectivity index (χ4n) is 2.29. The Morgan fingerprint density at radius 3 is 2.71 bits per heavy atom. The molecule has 1 saturated heterocycles. The Morgan fingerprint density at radius 1 is 1.48 bits per heavy atom. The first-order valence-corrected chi connectivity index (χ1v) is 6.91. The molecule has 2 unspecified atom stereocenters. The van der Waals surface area contributed by atoms with E-state index in [0.29, 0.717) is 6.54 Å². The zero-order chi connectivity index (χ0) is 15.4. The number of aliphatic hydroxyl groups is 1. The van der Waals surface area contributed by atoms with Crippen LogP contribution in [0.3, 0.4) is 0 Å². The molecule has 0 aliphatic carbocycles. The van der Waals surface area contributed by atoms with Crippen LogP contribution in [0.15, 0.2) is 24.3 Å². The van der Waals surface area contributed by atoms with Crippen molar-refractivity contribution >= 4 is 17.5 Å². The summed E-state index contributed by atoms with van der Waals surface area (Å²) in [6.45, 7) is 2.16. The fraction of sp³-hybridized carbons (Fsp3) is 0.467. The van der Waals surface area contributed by atoms with Crippen LogP contribution in [0.2, 0.25) is 0 Å². The summed E-state index contributed by atoms with van der Waals surface area (Å²) < 4.78 is 5.08. The average molecular weight is 292 g/mol. The third-order valence-electron chi connectivity index (χ3n) is 3.45. The van der Waals surface area contributed by atoms with E-state index < -0.39 is 6.10 Å². The summed E-state index contributed by atoms with van der Waals surface area (Å²) in [6, 6.07) is 7.16. The molecule has 2 atom stereocenters. The molecule has 2 amide bonds. The van der Waals surface area contributed by atoms with Gasteiger partial charge in [-0.2, -0.15) is 0 Å². The maximum absolute atomic E-state index is 12.0. The highest BCUT2D eigenvalue weighted by atomic mass is 16.5. The molecule has 1 aliphatic rings. The highest BCUT2D eigenvalue weighted by Gasteiger charge is 2.35. The Balaban J connectivity index is 2.00. The molecule has 0 radical (unpaired) electrons. The van der Waals surface area contributed by atoms with E-state index in [2.05, 4.69) is 5.32 Å². The monoisotopic (exact) mass is 292 g/mol. The summed E-state index contributed by atoms with van der Waals surface area (Å²) in [6.07, 6.45) is -0.402. The Bertz CT molecular complexity index is 513. The van der Waals surface area contributed by atoms with Crippen LogP contribution in [0.25, 0.3) is 0 Å². The van der Waals surface area contributed by atoms with Gasteiger partial charge in [0.2, 0.25) is 11.8 Å². The van der Waals surface area contributed by atoms with Crippen LogP contribution < -0.4 is 15.0 Å². The molecule has 1 heterocycles. The predicted octanol–water partition coefficient (Wildman–Crippen LogP) is 0.545. The molecule has 1 aromatic carbocycles. The van der Waals surface area contributed by atoms with Gasteiger partial charge in [0.1, 0.15) is 5.75 Å². The van der Waals surface area contributed by atoms with Gasteiger partial charge in [0.15, 0.2) is 0 Å². The fourth-order valence-corrected chi connectivity index (χ4v) is 2.29. The molecule has 2 rings (SSSR count). The first kappa shape index (κ1) is 15.3. The molecule has 6 heteroatoms. The quantitative estimate of drug-likeness (QED) is 0.830. The molecule has 1 aromatic rings. The molecule has 0 saturated carbocycles. The highest BCUT2D eigenvalue weighted by molar-refractivity contribution is 6.00. The van der Waals surface area contributed by atoms with Crippen molar-refractivity contribution in [1.82, 2.24) is 5.32 Å². The van der Waals surface area contributed by atoms with Gasteiger partial charge in [-0.3, -0.25) is 9.59 Å². The van der Waals surface area contributed by atoms with Gasteiger partial charge in [-0.25, -0.2) is 0 Å². The van der Waals surface area contributed by atoms with E-state index >= 15 is 0 Å². The van der Waals surface area contributed by atoms with Crippen molar-refractivity contribution in [2.45, 2.75) is 19.4 Å². The number of carbonyl (C=O) groups is 2. The number of amides is 2. The van der Waals surface area contributed by atoms with Crippen molar-refractivity contribution in [3.63, 3.8) is 0 Å². The second-order valence-corrected chi connectivity index (χ2v) is 5.20. The largest absolute Gasteiger partial charge is 0.497 e. The average Bonchev–Trinajstić information content (AvgIpc) is 2.87. The summed E-state index contributed by atoms with van der Waals surface area (Å²) >= 11 is 0.